The summed E-state index contributed by atoms with van der Waals surface area (Å²) in [5, 5.41) is 25.2. The van der Waals surface area contributed by atoms with E-state index in [1.54, 1.807) is 6.92 Å². The zero-order valence-corrected chi connectivity index (χ0v) is 32.7. The summed E-state index contributed by atoms with van der Waals surface area (Å²) >= 11 is 0. The van der Waals surface area contributed by atoms with Crippen LogP contribution in [0.15, 0.2) is 0 Å². The number of hydrogen-bond donors (Lipinski definition) is 3. The minimum absolute atomic E-state index is 0.0149. The van der Waals surface area contributed by atoms with Crippen LogP contribution in [0.2, 0.25) is 0 Å². The average molecular weight is 762 g/mol. The van der Waals surface area contributed by atoms with Crippen molar-refractivity contribution in [2.75, 3.05) is 0 Å². The predicted molar refractivity (Wildman–Crippen MR) is 182 cm³/mol. The second kappa shape index (κ2) is 11.4. The van der Waals surface area contributed by atoms with E-state index >= 15 is 0 Å². The van der Waals surface area contributed by atoms with Gasteiger partial charge in [0, 0.05) is 62.2 Å². The molecular weight excluding hydrogens is 706 g/mol. The van der Waals surface area contributed by atoms with Gasteiger partial charge in [0.15, 0.2) is 5.60 Å². The molecule has 5 saturated carbocycles. The Balaban J connectivity index is 1.37. The molecule has 5 aliphatic carbocycles. The van der Waals surface area contributed by atoms with Crippen molar-refractivity contribution in [1.29, 1.82) is 0 Å². The zero-order chi connectivity index (χ0) is 39.6. The lowest BCUT2D eigenvalue weighted by Crippen LogP contribution is -2.80. The molecule has 0 aromatic heterocycles. The van der Waals surface area contributed by atoms with Gasteiger partial charge in [-0.3, -0.25) is 19.2 Å². The fourth-order valence-corrected chi connectivity index (χ4v) is 13.8. The van der Waals surface area contributed by atoms with Crippen LogP contribution in [0.25, 0.3) is 0 Å². The van der Waals surface area contributed by atoms with Crippen LogP contribution < -0.4 is 5.73 Å². The molecule has 8 aliphatic rings. The summed E-state index contributed by atoms with van der Waals surface area (Å²) in [6.45, 7) is 16.5. The lowest BCUT2D eigenvalue weighted by atomic mass is 9.40. The Morgan fingerprint density at radius 2 is 1.52 bits per heavy atom. The highest BCUT2D eigenvalue weighted by atomic mass is 16.8. The van der Waals surface area contributed by atoms with Crippen LogP contribution in [0.3, 0.4) is 0 Å². The summed E-state index contributed by atoms with van der Waals surface area (Å²) in [5.74, 6) is -8.71. The first-order chi connectivity index (χ1) is 24.9. The van der Waals surface area contributed by atoms with E-state index in [1.165, 1.54) is 27.7 Å². The van der Waals surface area contributed by atoms with Crippen LogP contribution in [-0.2, 0) is 57.1 Å². The molecule has 15 heteroatoms. The number of hydrogen-bond acceptors (Lipinski definition) is 15. The number of esters is 5. The summed E-state index contributed by atoms with van der Waals surface area (Å²) in [5.41, 5.74) is -0.620. The Labute approximate surface area is 314 Å². The molecule has 54 heavy (non-hydrogen) atoms. The second-order valence-electron chi connectivity index (χ2n) is 18.9. The molecule has 0 aromatic rings. The largest absolute Gasteiger partial charge is 0.462 e. The highest BCUT2D eigenvalue weighted by Crippen LogP contribution is 2.81. The summed E-state index contributed by atoms with van der Waals surface area (Å²) in [7, 11) is 0. The number of epoxide rings is 2. The molecular formula is C39H55NO14. The van der Waals surface area contributed by atoms with Gasteiger partial charge < -0.3 is 49.1 Å². The molecule has 3 saturated heterocycles. The molecule has 3 heterocycles. The van der Waals surface area contributed by atoms with Crippen LogP contribution in [0.5, 0.6) is 0 Å². The summed E-state index contributed by atoms with van der Waals surface area (Å²) < 4.78 is 43.6. The Morgan fingerprint density at radius 1 is 0.907 bits per heavy atom. The van der Waals surface area contributed by atoms with E-state index in [2.05, 4.69) is 0 Å². The Hall–Kier alpha value is -2.85. The maximum absolute atomic E-state index is 13.5. The van der Waals surface area contributed by atoms with E-state index in [4.69, 9.17) is 38.9 Å². The lowest BCUT2D eigenvalue weighted by Gasteiger charge is -2.68. The average Bonchev–Trinajstić information content (AvgIpc) is 3.94. The first-order valence-corrected chi connectivity index (χ1v) is 19.4. The number of carbonyl (C=O) groups excluding carboxylic acids is 5. The number of rotatable bonds is 6. The van der Waals surface area contributed by atoms with Crippen molar-refractivity contribution in [2.24, 2.45) is 63.4 Å². The van der Waals surface area contributed by atoms with Crippen molar-refractivity contribution in [3.63, 3.8) is 0 Å². The molecule has 300 valence electrons. The maximum atomic E-state index is 13.5. The molecule has 4 N–H and O–H groups in total. The third kappa shape index (κ3) is 4.39. The van der Waals surface area contributed by atoms with E-state index in [9.17, 15) is 34.2 Å². The molecule has 3 aliphatic heterocycles. The summed E-state index contributed by atoms with van der Waals surface area (Å²) in [6.07, 6.45) is -5.43. The van der Waals surface area contributed by atoms with Crippen LogP contribution in [0, 0.1) is 57.7 Å². The second-order valence-corrected chi connectivity index (χ2v) is 18.9. The first kappa shape index (κ1) is 38.0. The molecule has 8 fully saturated rings. The van der Waals surface area contributed by atoms with E-state index in [1.807, 2.05) is 34.6 Å². The highest BCUT2D eigenvalue weighted by molar-refractivity contribution is 5.84. The fraction of sp³-hybridized carbons (Fsp3) is 0.872. The zero-order valence-electron chi connectivity index (χ0n) is 32.7. The van der Waals surface area contributed by atoms with Crippen molar-refractivity contribution < 1.29 is 67.3 Å². The van der Waals surface area contributed by atoms with Crippen LogP contribution in [-0.4, -0.2) is 106 Å². The Morgan fingerprint density at radius 3 is 2.11 bits per heavy atom. The highest BCUT2D eigenvalue weighted by Gasteiger charge is 2.93. The van der Waals surface area contributed by atoms with Gasteiger partial charge in [0.1, 0.15) is 36.6 Å². The molecule has 0 amide bonds. The molecule has 2 unspecified atom stereocenters. The molecule has 0 bridgehead atoms. The summed E-state index contributed by atoms with van der Waals surface area (Å²) in [6, 6.07) is -1.23. The van der Waals surface area contributed by atoms with Crippen molar-refractivity contribution in [3.8, 4) is 0 Å². The number of ether oxygens (including phenoxy) is 7. The molecule has 1 spiro atoms. The van der Waals surface area contributed by atoms with Gasteiger partial charge in [-0.05, 0) is 43.9 Å². The quantitative estimate of drug-likeness (QED) is 0.199. The Bertz CT molecular complexity index is 1700. The number of aliphatic hydroxyl groups is 2. The monoisotopic (exact) mass is 761 g/mol. The minimum atomic E-state index is -2.09. The van der Waals surface area contributed by atoms with Crippen molar-refractivity contribution in [1.82, 2.24) is 0 Å². The number of nitrogens with two attached hydrogens (primary N) is 1. The topological polar surface area (TPSA) is 223 Å². The molecule has 0 aromatic carbocycles. The smallest absolute Gasteiger partial charge is 0.341 e. The van der Waals surface area contributed by atoms with Crippen LogP contribution in [0.4, 0.5) is 0 Å². The number of fused-ring (bicyclic) bond motifs is 9. The van der Waals surface area contributed by atoms with E-state index in [0.717, 1.165) is 0 Å². The first-order valence-electron chi connectivity index (χ1n) is 19.4. The van der Waals surface area contributed by atoms with Gasteiger partial charge >= 0.3 is 29.8 Å². The third-order valence-corrected chi connectivity index (χ3v) is 16.0. The van der Waals surface area contributed by atoms with Gasteiger partial charge in [-0.25, -0.2) is 4.79 Å². The fourth-order valence-electron chi connectivity index (χ4n) is 13.8. The lowest BCUT2D eigenvalue weighted by molar-refractivity contribution is -0.294. The summed E-state index contributed by atoms with van der Waals surface area (Å²) in [4.78, 5) is 66.6. The van der Waals surface area contributed by atoms with Crippen LogP contribution >= 0.6 is 0 Å². The van der Waals surface area contributed by atoms with E-state index in [-0.39, 0.29) is 31.1 Å². The van der Waals surface area contributed by atoms with E-state index in [0.29, 0.717) is 0 Å². The van der Waals surface area contributed by atoms with Gasteiger partial charge in [-0.15, -0.1) is 0 Å². The van der Waals surface area contributed by atoms with Gasteiger partial charge in [0.2, 0.25) is 5.79 Å². The standard InChI is InChI=1S/C39H55NO14/c1-14(2)11-22(44)52-32-27-20(51-27)13-38(47)30(40)28(49-17(5)42)23-19(35(32,38)8)12-21(48-16(4)41)34(7)24-15(3)31-39(53-31)36(9,37(10,46)33(45)54-39)26(24)29(25(23)34)50-18(6)43/h14-15,19-21,23-32,46-47H,11-13,40H2,1-10H3/t15-,19?,20-,21-,23?,24-,25+,26-,27-,28+,29+,30-,31+,32-,34+,35-,36-,37+,38-,39-/m0/s1. The SMILES string of the molecule is CC(=O)O[C@H]1[C@@H]2[C@H]([C@H](C)[C@H]3O[C@]34OC(=O)[C@@](C)(O)[C@]24C)[C@@]2(C)[C@@H](OC(C)=O)CC3C([C@@H](OC(C)=O)[C@H](N)[C@@]4(O)C[C@@H]5O[C@@H]5[C@H](OC(=O)CC(C)C)[C@]34C)[C@H]12. The van der Waals surface area contributed by atoms with Crippen LogP contribution in [0.1, 0.15) is 88.5 Å². The predicted octanol–water partition coefficient (Wildman–Crippen LogP) is 1.55. The normalized spacial score (nSPS) is 55.6. The van der Waals surface area contributed by atoms with Crippen molar-refractivity contribution >= 4 is 29.8 Å². The molecule has 20 atom stereocenters. The molecule has 0 radical (unpaired) electrons. The Kier molecular flexibility index (Phi) is 8.02. The molecule has 8 rings (SSSR count). The van der Waals surface area contributed by atoms with Gasteiger partial charge in [-0.1, -0.05) is 34.6 Å². The van der Waals surface area contributed by atoms with Gasteiger partial charge in [0.05, 0.1) is 23.2 Å². The van der Waals surface area contributed by atoms with Gasteiger partial charge in [0.25, 0.3) is 0 Å². The number of carbonyl (C=O) groups is 5. The molecule has 15 nitrogen and oxygen atoms in total. The van der Waals surface area contributed by atoms with Gasteiger partial charge in [-0.2, -0.15) is 0 Å². The third-order valence-electron chi connectivity index (χ3n) is 16.0. The minimum Gasteiger partial charge on any atom is -0.462 e. The maximum Gasteiger partial charge on any atom is 0.341 e. The van der Waals surface area contributed by atoms with Crippen molar-refractivity contribution in [2.45, 2.75) is 154 Å². The van der Waals surface area contributed by atoms with E-state index < -0.39 is 141 Å². The van der Waals surface area contributed by atoms with Crippen molar-refractivity contribution in [3.05, 3.63) is 0 Å².